The molecule has 2 saturated carbocycles. The molecule has 0 aromatic rings. The van der Waals surface area contributed by atoms with Crippen LogP contribution in [0, 0.1) is 5.41 Å². The lowest BCUT2D eigenvalue weighted by atomic mass is 9.74. The molecule has 2 aliphatic carbocycles. The molecule has 0 heterocycles. The first-order valence-electron chi connectivity index (χ1n) is 6.57. The Morgan fingerprint density at radius 3 is 2.27 bits per heavy atom. The van der Waals surface area contributed by atoms with Crippen LogP contribution in [0.2, 0.25) is 0 Å². The molecule has 2 aliphatic rings. The predicted octanol–water partition coefficient (Wildman–Crippen LogP) is 2.43. The fourth-order valence-electron chi connectivity index (χ4n) is 3.58. The Labute approximate surface area is 94.0 Å². The standard InChI is InChI=1S/C13H26N2/c1-12(2)8-5-9-13(12,10-14)15-11-6-3-4-7-11/h11,15H,3-10,14H2,1-2H3. The average molecular weight is 210 g/mol. The molecule has 15 heavy (non-hydrogen) atoms. The van der Waals surface area contributed by atoms with Gasteiger partial charge in [-0.05, 0) is 31.1 Å². The molecular formula is C13H26N2. The van der Waals surface area contributed by atoms with E-state index in [4.69, 9.17) is 5.73 Å². The first-order chi connectivity index (χ1) is 7.10. The molecule has 0 bridgehead atoms. The summed E-state index contributed by atoms with van der Waals surface area (Å²) in [6.45, 7) is 5.57. The molecule has 2 rings (SSSR count). The second kappa shape index (κ2) is 4.06. The molecule has 88 valence electrons. The van der Waals surface area contributed by atoms with Gasteiger partial charge in [0, 0.05) is 18.1 Å². The van der Waals surface area contributed by atoms with E-state index in [2.05, 4.69) is 19.2 Å². The lowest BCUT2D eigenvalue weighted by Gasteiger charge is -2.43. The van der Waals surface area contributed by atoms with Gasteiger partial charge in [-0.25, -0.2) is 0 Å². The van der Waals surface area contributed by atoms with E-state index in [1.807, 2.05) is 0 Å². The van der Waals surface area contributed by atoms with Crippen LogP contribution in [0.1, 0.15) is 58.8 Å². The predicted molar refractivity (Wildman–Crippen MR) is 64.8 cm³/mol. The van der Waals surface area contributed by atoms with Crippen LogP contribution in [0.3, 0.4) is 0 Å². The molecule has 1 atom stereocenters. The third kappa shape index (κ3) is 1.94. The van der Waals surface area contributed by atoms with Crippen LogP contribution in [0.4, 0.5) is 0 Å². The molecule has 2 heteroatoms. The van der Waals surface area contributed by atoms with E-state index in [9.17, 15) is 0 Å². The van der Waals surface area contributed by atoms with Crippen molar-refractivity contribution in [3.63, 3.8) is 0 Å². The Balaban J connectivity index is 2.07. The minimum absolute atomic E-state index is 0.224. The highest BCUT2D eigenvalue weighted by atomic mass is 15.1. The van der Waals surface area contributed by atoms with Crippen molar-refractivity contribution in [3.8, 4) is 0 Å². The van der Waals surface area contributed by atoms with Crippen molar-refractivity contribution in [1.82, 2.24) is 5.32 Å². The van der Waals surface area contributed by atoms with Gasteiger partial charge in [0.05, 0.1) is 0 Å². The van der Waals surface area contributed by atoms with E-state index in [-0.39, 0.29) is 5.54 Å². The van der Waals surface area contributed by atoms with Gasteiger partial charge < -0.3 is 11.1 Å². The molecule has 2 fully saturated rings. The molecule has 3 N–H and O–H groups in total. The zero-order valence-corrected chi connectivity index (χ0v) is 10.3. The molecule has 0 amide bonds. The highest BCUT2D eigenvalue weighted by molar-refractivity contribution is 5.07. The smallest absolute Gasteiger partial charge is 0.0357 e. The van der Waals surface area contributed by atoms with Crippen molar-refractivity contribution in [2.45, 2.75) is 70.4 Å². The van der Waals surface area contributed by atoms with E-state index in [0.717, 1.165) is 12.6 Å². The van der Waals surface area contributed by atoms with E-state index in [0.29, 0.717) is 5.41 Å². The Morgan fingerprint density at radius 1 is 1.13 bits per heavy atom. The van der Waals surface area contributed by atoms with Crippen LogP contribution in [-0.2, 0) is 0 Å². The van der Waals surface area contributed by atoms with Crippen molar-refractivity contribution in [1.29, 1.82) is 0 Å². The molecule has 0 saturated heterocycles. The molecule has 2 nitrogen and oxygen atoms in total. The summed E-state index contributed by atoms with van der Waals surface area (Å²) in [4.78, 5) is 0. The topological polar surface area (TPSA) is 38.0 Å². The van der Waals surface area contributed by atoms with Crippen LogP contribution in [0.15, 0.2) is 0 Å². The normalized spacial score (nSPS) is 36.2. The second-order valence-corrected chi connectivity index (χ2v) is 6.15. The zero-order chi connectivity index (χ0) is 10.9. The maximum absolute atomic E-state index is 6.06. The monoisotopic (exact) mass is 210 g/mol. The quantitative estimate of drug-likeness (QED) is 0.751. The summed E-state index contributed by atoms with van der Waals surface area (Å²) in [6.07, 6.45) is 9.45. The number of nitrogens with one attached hydrogen (secondary N) is 1. The van der Waals surface area contributed by atoms with Crippen molar-refractivity contribution >= 4 is 0 Å². The molecule has 1 unspecified atom stereocenters. The summed E-state index contributed by atoms with van der Waals surface area (Å²) in [5, 5.41) is 3.91. The molecular weight excluding hydrogens is 184 g/mol. The van der Waals surface area contributed by atoms with E-state index < -0.39 is 0 Å². The summed E-state index contributed by atoms with van der Waals surface area (Å²) in [5.74, 6) is 0. The lowest BCUT2D eigenvalue weighted by Crippen LogP contribution is -2.60. The van der Waals surface area contributed by atoms with E-state index >= 15 is 0 Å². The first kappa shape index (κ1) is 11.4. The summed E-state index contributed by atoms with van der Waals surface area (Å²) in [6, 6.07) is 0.742. The highest BCUT2D eigenvalue weighted by Crippen LogP contribution is 2.46. The zero-order valence-electron chi connectivity index (χ0n) is 10.3. The summed E-state index contributed by atoms with van der Waals surface area (Å²) in [7, 11) is 0. The summed E-state index contributed by atoms with van der Waals surface area (Å²) in [5.41, 5.74) is 6.66. The third-order valence-corrected chi connectivity index (χ3v) is 4.88. The van der Waals surface area contributed by atoms with E-state index in [1.54, 1.807) is 0 Å². The van der Waals surface area contributed by atoms with Crippen LogP contribution in [0.25, 0.3) is 0 Å². The maximum Gasteiger partial charge on any atom is 0.0357 e. The van der Waals surface area contributed by atoms with Gasteiger partial charge in [-0.1, -0.05) is 33.1 Å². The summed E-state index contributed by atoms with van der Waals surface area (Å²) < 4.78 is 0. The first-order valence-corrected chi connectivity index (χ1v) is 6.57. The van der Waals surface area contributed by atoms with Gasteiger partial charge >= 0.3 is 0 Å². The van der Waals surface area contributed by atoms with Gasteiger partial charge in [0.25, 0.3) is 0 Å². The van der Waals surface area contributed by atoms with Crippen LogP contribution < -0.4 is 11.1 Å². The Hall–Kier alpha value is -0.0800. The Morgan fingerprint density at radius 2 is 1.80 bits per heavy atom. The average Bonchev–Trinajstić information content (AvgIpc) is 2.76. The minimum atomic E-state index is 0.224. The number of nitrogens with two attached hydrogens (primary N) is 1. The minimum Gasteiger partial charge on any atom is -0.329 e. The van der Waals surface area contributed by atoms with Crippen molar-refractivity contribution in [2.75, 3.05) is 6.54 Å². The van der Waals surface area contributed by atoms with Gasteiger partial charge in [-0.15, -0.1) is 0 Å². The molecule has 0 aromatic heterocycles. The fourth-order valence-corrected chi connectivity index (χ4v) is 3.58. The van der Waals surface area contributed by atoms with Crippen LogP contribution in [-0.4, -0.2) is 18.1 Å². The van der Waals surface area contributed by atoms with Crippen molar-refractivity contribution in [2.24, 2.45) is 11.1 Å². The summed E-state index contributed by atoms with van der Waals surface area (Å²) >= 11 is 0. The molecule has 0 aliphatic heterocycles. The molecule has 0 radical (unpaired) electrons. The second-order valence-electron chi connectivity index (χ2n) is 6.15. The van der Waals surface area contributed by atoms with Crippen molar-refractivity contribution in [3.05, 3.63) is 0 Å². The van der Waals surface area contributed by atoms with Crippen molar-refractivity contribution < 1.29 is 0 Å². The maximum atomic E-state index is 6.06. The SMILES string of the molecule is CC1(C)CCCC1(CN)NC1CCCC1. The lowest BCUT2D eigenvalue weighted by molar-refractivity contribution is 0.146. The largest absolute Gasteiger partial charge is 0.329 e. The Kier molecular flexibility index (Phi) is 3.09. The van der Waals surface area contributed by atoms with Gasteiger partial charge in [-0.2, -0.15) is 0 Å². The number of hydrogen-bond acceptors (Lipinski definition) is 2. The Bertz CT molecular complexity index is 219. The molecule has 0 spiro atoms. The number of hydrogen-bond donors (Lipinski definition) is 2. The molecule has 0 aromatic carbocycles. The van der Waals surface area contributed by atoms with E-state index in [1.165, 1.54) is 44.9 Å². The highest BCUT2D eigenvalue weighted by Gasteiger charge is 2.48. The van der Waals surface area contributed by atoms with Gasteiger partial charge in [-0.3, -0.25) is 0 Å². The van der Waals surface area contributed by atoms with Crippen LogP contribution in [0.5, 0.6) is 0 Å². The van der Waals surface area contributed by atoms with Gasteiger partial charge in [0.15, 0.2) is 0 Å². The third-order valence-electron chi connectivity index (χ3n) is 4.88. The number of rotatable bonds is 3. The fraction of sp³-hybridized carbons (Fsp3) is 1.00. The van der Waals surface area contributed by atoms with Gasteiger partial charge in [0.1, 0.15) is 0 Å². The van der Waals surface area contributed by atoms with Gasteiger partial charge in [0.2, 0.25) is 0 Å². The van der Waals surface area contributed by atoms with Crippen LogP contribution >= 0.6 is 0 Å².